The van der Waals surface area contributed by atoms with E-state index in [1.165, 1.54) is 22.5 Å². The van der Waals surface area contributed by atoms with Gasteiger partial charge in [-0.05, 0) is 49.4 Å². The molecule has 146 valence electrons. The largest absolute Gasteiger partial charge is 0.345 e. The number of hydrogen-bond acceptors (Lipinski definition) is 3. The Morgan fingerprint density at radius 3 is 2.79 bits per heavy atom. The van der Waals surface area contributed by atoms with Crippen molar-refractivity contribution in [3.05, 3.63) is 81.0 Å². The molecule has 1 atom stereocenters. The molecule has 0 saturated heterocycles. The summed E-state index contributed by atoms with van der Waals surface area (Å²) in [4.78, 5) is 26.7. The van der Waals surface area contributed by atoms with Crippen molar-refractivity contribution in [1.29, 1.82) is 0 Å². The minimum Gasteiger partial charge on any atom is -0.345 e. The van der Waals surface area contributed by atoms with E-state index in [2.05, 4.69) is 23.5 Å². The molecule has 2 heterocycles. The zero-order valence-corrected chi connectivity index (χ0v) is 17.1. The van der Waals surface area contributed by atoms with Crippen LogP contribution in [0.15, 0.2) is 59.4 Å². The Kier molecular flexibility index (Phi) is 4.47. The zero-order valence-electron chi connectivity index (χ0n) is 16.3. The van der Waals surface area contributed by atoms with Crippen molar-refractivity contribution >= 4 is 38.2 Å². The fraction of sp³-hybridized carbons (Fsp3) is 0.250. The second-order valence-electron chi connectivity index (χ2n) is 7.54. The molecule has 0 bridgehead atoms. The van der Waals surface area contributed by atoms with Crippen molar-refractivity contribution in [2.75, 3.05) is 0 Å². The Labute approximate surface area is 172 Å². The lowest BCUT2D eigenvalue weighted by atomic mass is 9.88. The highest BCUT2D eigenvalue weighted by molar-refractivity contribution is 7.21. The predicted octanol–water partition coefficient (Wildman–Crippen LogP) is 5.04. The van der Waals surface area contributed by atoms with Crippen LogP contribution in [-0.4, -0.2) is 10.5 Å². The summed E-state index contributed by atoms with van der Waals surface area (Å²) in [5.74, 6) is -0.0977. The molecule has 0 unspecified atom stereocenters. The average molecular weight is 403 g/mol. The van der Waals surface area contributed by atoms with E-state index in [-0.39, 0.29) is 17.5 Å². The number of fused-ring (bicyclic) bond motifs is 4. The minimum atomic E-state index is -0.0977. The molecule has 0 aliphatic heterocycles. The summed E-state index contributed by atoms with van der Waals surface area (Å²) in [5, 5.41) is 4.86. The monoisotopic (exact) mass is 402 g/mol. The molecule has 4 nitrogen and oxygen atoms in total. The van der Waals surface area contributed by atoms with Crippen molar-refractivity contribution in [3.8, 4) is 0 Å². The van der Waals surface area contributed by atoms with Gasteiger partial charge in [-0.2, -0.15) is 0 Å². The molecule has 2 aromatic heterocycles. The van der Waals surface area contributed by atoms with Gasteiger partial charge < -0.3 is 9.88 Å². The topological polar surface area (TPSA) is 51.1 Å². The van der Waals surface area contributed by atoms with E-state index in [1.54, 1.807) is 10.6 Å². The van der Waals surface area contributed by atoms with E-state index in [4.69, 9.17) is 0 Å². The van der Waals surface area contributed by atoms with Crippen LogP contribution >= 0.6 is 11.3 Å². The first-order valence-electron chi connectivity index (χ1n) is 10.1. The predicted molar refractivity (Wildman–Crippen MR) is 119 cm³/mol. The zero-order chi connectivity index (χ0) is 20.0. The van der Waals surface area contributed by atoms with Gasteiger partial charge in [0.05, 0.1) is 21.8 Å². The maximum Gasteiger partial charge on any atom is 0.261 e. The molecular weight excluding hydrogens is 380 g/mol. The number of nitrogens with zero attached hydrogens (tertiary/aromatic N) is 1. The molecule has 1 amide bonds. The number of thiophene rings is 1. The third kappa shape index (κ3) is 2.97. The molecule has 1 aliphatic carbocycles. The summed E-state index contributed by atoms with van der Waals surface area (Å²) in [6.45, 7) is 2.58. The van der Waals surface area contributed by atoms with Crippen molar-refractivity contribution in [2.45, 2.75) is 38.8 Å². The molecule has 29 heavy (non-hydrogen) atoms. The molecule has 0 radical (unpaired) electrons. The van der Waals surface area contributed by atoms with Gasteiger partial charge in [-0.1, -0.05) is 42.5 Å². The molecule has 1 N–H and O–H groups in total. The van der Waals surface area contributed by atoms with Gasteiger partial charge in [-0.3, -0.25) is 9.59 Å². The summed E-state index contributed by atoms with van der Waals surface area (Å²) >= 11 is 1.41. The molecule has 4 aromatic rings. The molecular formula is C24H22N2O2S. The molecule has 5 rings (SSSR count). The van der Waals surface area contributed by atoms with Crippen LogP contribution in [0.25, 0.3) is 21.0 Å². The van der Waals surface area contributed by atoms with E-state index in [9.17, 15) is 9.59 Å². The summed E-state index contributed by atoms with van der Waals surface area (Å²) in [6, 6.07) is 18.1. The van der Waals surface area contributed by atoms with E-state index in [0.717, 1.165) is 34.9 Å². The number of nitrogens with one attached hydrogen (secondary N) is 1. The van der Waals surface area contributed by atoms with Crippen LogP contribution in [0.5, 0.6) is 0 Å². The van der Waals surface area contributed by atoms with E-state index in [1.807, 2.05) is 37.3 Å². The van der Waals surface area contributed by atoms with Crippen molar-refractivity contribution in [3.63, 3.8) is 0 Å². The lowest BCUT2D eigenvalue weighted by molar-refractivity contribution is 0.0937. The van der Waals surface area contributed by atoms with Crippen LogP contribution in [0.1, 0.15) is 46.6 Å². The summed E-state index contributed by atoms with van der Waals surface area (Å²) in [5.41, 5.74) is 3.42. The maximum atomic E-state index is 13.1. The van der Waals surface area contributed by atoms with Crippen LogP contribution in [0.3, 0.4) is 0 Å². The number of pyridine rings is 1. The molecule has 0 saturated carbocycles. The highest BCUT2D eigenvalue weighted by atomic mass is 32.1. The van der Waals surface area contributed by atoms with Gasteiger partial charge in [0.2, 0.25) is 0 Å². The first kappa shape index (κ1) is 18.1. The third-order valence-electron chi connectivity index (χ3n) is 5.86. The third-order valence-corrected chi connectivity index (χ3v) is 7.03. The van der Waals surface area contributed by atoms with Gasteiger partial charge in [0.15, 0.2) is 0 Å². The summed E-state index contributed by atoms with van der Waals surface area (Å²) < 4.78 is 2.67. The maximum absolute atomic E-state index is 13.1. The molecule has 0 spiro atoms. The number of carbonyl (C=O) groups is 1. The average Bonchev–Trinajstić information content (AvgIpc) is 3.21. The number of hydrogen-bond donors (Lipinski definition) is 1. The normalized spacial score (nSPS) is 16.1. The second kappa shape index (κ2) is 7.16. The Hall–Kier alpha value is -2.92. The Balaban J connectivity index is 1.56. The number of para-hydroxylation sites is 1. The van der Waals surface area contributed by atoms with Crippen molar-refractivity contribution < 1.29 is 4.79 Å². The smallest absolute Gasteiger partial charge is 0.261 e. The Morgan fingerprint density at radius 1 is 1.14 bits per heavy atom. The number of rotatable bonds is 3. The van der Waals surface area contributed by atoms with Crippen LogP contribution in [0.2, 0.25) is 0 Å². The number of aromatic nitrogens is 1. The number of amides is 1. The fourth-order valence-corrected chi connectivity index (χ4v) is 5.55. The van der Waals surface area contributed by atoms with Gasteiger partial charge in [-0.25, -0.2) is 0 Å². The van der Waals surface area contributed by atoms with Crippen LogP contribution in [-0.2, 0) is 13.0 Å². The van der Waals surface area contributed by atoms with Crippen LogP contribution in [0, 0.1) is 0 Å². The van der Waals surface area contributed by atoms with Gasteiger partial charge in [0, 0.05) is 16.6 Å². The lowest BCUT2D eigenvalue weighted by Crippen LogP contribution is -2.30. The first-order valence-corrected chi connectivity index (χ1v) is 10.9. The number of carbonyl (C=O) groups excluding carboxylic acids is 1. The number of aryl methyl sites for hydroxylation is 2. The van der Waals surface area contributed by atoms with Gasteiger partial charge in [0.25, 0.3) is 11.5 Å². The summed E-state index contributed by atoms with van der Waals surface area (Å²) in [7, 11) is 0. The van der Waals surface area contributed by atoms with E-state index in [0.29, 0.717) is 16.8 Å². The minimum absolute atomic E-state index is 0.0282. The molecule has 2 aromatic carbocycles. The first-order chi connectivity index (χ1) is 14.2. The lowest BCUT2D eigenvalue weighted by Gasteiger charge is -2.26. The van der Waals surface area contributed by atoms with Gasteiger partial charge >= 0.3 is 0 Å². The standard InChI is InChI=1S/C24H22N2O2S/c1-2-26-20-13-6-5-11-17(20)22-18(24(26)28)14-21(29-22)23(27)25-19-12-7-9-15-8-3-4-10-16(15)19/h3-6,8,10-11,13-14,19H,2,7,9,12H2,1H3,(H,25,27)/t19-/m1/s1. The fourth-order valence-electron chi connectivity index (χ4n) is 4.46. The Morgan fingerprint density at radius 2 is 1.93 bits per heavy atom. The molecule has 1 aliphatic rings. The highest BCUT2D eigenvalue weighted by Gasteiger charge is 2.23. The highest BCUT2D eigenvalue weighted by Crippen LogP contribution is 2.33. The SMILES string of the molecule is CCn1c(=O)c2cc(C(=O)N[C@@H]3CCCc4ccccc43)sc2c2ccccc21. The second-order valence-corrected chi connectivity index (χ2v) is 8.59. The van der Waals surface area contributed by atoms with Gasteiger partial charge in [-0.15, -0.1) is 11.3 Å². The van der Waals surface area contributed by atoms with E-state index >= 15 is 0 Å². The quantitative estimate of drug-likeness (QED) is 0.522. The van der Waals surface area contributed by atoms with Crippen molar-refractivity contribution in [2.24, 2.45) is 0 Å². The van der Waals surface area contributed by atoms with Gasteiger partial charge in [0.1, 0.15) is 0 Å². The summed E-state index contributed by atoms with van der Waals surface area (Å²) in [6.07, 6.45) is 3.08. The molecule has 0 fully saturated rings. The van der Waals surface area contributed by atoms with Crippen molar-refractivity contribution in [1.82, 2.24) is 9.88 Å². The molecule has 5 heteroatoms. The Bertz CT molecular complexity index is 1300. The number of benzene rings is 2. The van der Waals surface area contributed by atoms with E-state index < -0.39 is 0 Å². The van der Waals surface area contributed by atoms with Crippen LogP contribution < -0.4 is 10.9 Å². The van der Waals surface area contributed by atoms with Crippen LogP contribution in [0.4, 0.5) is 0 Å².